The number of carbonyl (C=O) groups excluding carboxylic acids is 1. The van der Waals surface area contributed by atoms with Crippen molar-refractivity contribution in [2.45, 2.75) is 40.5 Å². The summed E-state index contributed by atoms with van der Waals surface area (Å²) in [5.41, 5.74) is 11.0. The van der Waals surface area contributed by atoms with Crippen LogP contribution in [0.2, 0.25) is 0 Å². The Bertz CT molecular complexity index is 1160. The van der Waals surface area contributed by atoms with Gasteiger partial charge in [-0.25, -0.2) is 4.98 Å². The third-order valence-corrected chi connectivity index (χ3v) is 5.58. The molecular formula is C22H24N4O2. The maximum absolute atomic E-state index is 12.7. The number of hydrogen-bond acceptors (Lipinski definition) is 5. The Hall–Kier alpha value is -3.15. The van der Waals surface area contributed by atoms with Crippen LogP contribution in [-0.4, -0.2) is 26.3 Å². The number of rotatable bonds is 2. The smallest absolute Gasteiger partial charge is 0.165 e. The van der Waals surface area contributed by atoms with E-state index in [4.69, 9.17) is 5.73 Å². The Morgan fingerprint density at radius 3 is 2.75 bits per heavy atom. The number of aromatic nitrogens is 2. The largest absolute Gasteiger partial charge is 0.411 e. The van der Waals surface area contributed by atoms with E-state index in [9.17, 15) is 10.0 Å². The number of hydrogen-bond donors (Lipinski definition) is 2. The fourth-order valence-electron chi connectivity index (χ4n) is 4.25. The maximum Gasteiger partial charge on any atom is 0.165 e. The van der Waals surface area contributed by atoms with E-state index in [-0.39, 0.29) is 11.2 Å². The number of ketones is 1. The van der Waals surface area contributed by atoms with Crippen molar-refractivity contribution < 1.29 is 10.0 Å². The molecule has 2 heterocycles. The second kappa shape index (κ2) is 6.19. The van der Waals surface area contributed by atoms with Crippen LogP contribution in [0.5, 0.6) is 0 Å². The molecule has 1 aromatic carbocycles. The molecule has 0 radical (unpaired) electrons. The van der Waals surface area contributed by atoms with Crippen LogP contribution in [0, 0.1) is 12.3 Å². The first-order chi connectivity index (χ1) is 13.2. The van der Waals surface area contributed by atoms with Gasteiger partial charge in [-0.1, -0.05) is 19.0 Å². The minimum atomic E-state index is -0.0664. The maximum atomic E-state index is 12.7. The van der Waals surface area contributed by atoms with Gasteiger partial charge in [0, 0.05) is 46.7 Å². The quantitative estimate of drug-likeness (QED) is 0.397. The molecule has 3 aromatic rings. The van der Waals surface area contributed by atoms with E-state index in [1.807, 2.05) is 31.3 Å². The van der Waals surface area contributed by atoms with Crippen molar-refractivity contribution in [3.63, 3.8) is 0 Å². The first kappa shape index (κ1) is 18.2. The Balaban J connectivity index is 1.97. The molecule has 28 heavy (non-hydrogen) atoms. The zero-order chi connectivity index (χ0) is 20.2. The van der Waals surface area contributed by atoms with E-state index in [1.165, 1.54) is 0 Å². The predicted octanol–water partition coefficient (Wildman–Crippen LogP) is 4.27. The normalized spacial score (nSPS) is 16.4. The van der Waals surface area contributed by atoms with Crippen molar-refractivity contribution in [3.8, 4) is 5.69 Å². The molecule has 0 bridgehead atoms. The zero-order valence-electron chi connectivity index (χ0n) is 16.6. The molecule has 0 spiro atoms. The lowest BCUT2D eigenvalue weighted by molar-refractivity contribution is 0.0910. The highest BCUT2D eigenvalue weighted by Gasteiger charge is 2.34. The molecule has 0 atom stereocenters. The van der Waals surface area contributed by atoms with Crippen LogP contribution < -0.4 is 5.73 Å². The van der Waals surface area contributed by atoms with Crippen LogP contribution in [0.4, 0.5) is 5.82 Å². The first-order valence-corrected chi connectivity index (χ1v) is 9.33. The van der Waals surface area contributed by atoms with Crippen LogP contribution in [0.1, 0.15) is 54.4 Å². The van der Waals surface area contributed by atoms with Crippen LogP contribution in [-0.2, 0) is 6.42 Å². The number of oxime groups is 1. The summed E-state index contributed by atoms with van der Waals surface area (Å²) < 4.78 is 2.11. The fraction of sp³-hybridized carbons (Fsp3) is 0.318. The summed E-state index contributed by atoms with van der Waals surface area (Å²) in [7, 11) is 0. The fourth-order valence-corrected chi connectivity index (χ4v) is 4.25. The van der Waals surface area contributed by atoms with Gasteiger partial charge in [0.1, 0.15) is 5.82 Å². The van der Waals surface area contributed by atoms with Gasteiger partial charge < -0.3 is 15.5 Å². The highest BCUT2D eigenvalue weighted by Crippen LogP contribution is 2.38. The Labute approximate surface area is 163 Å². The van der Waals surface area contributed by atoms with Crippen LogP contribution in [0.25, 0.3) is 16.5 Å². The number of nitrogens with two attached hydrogens (primary N) is 1. The summed E-state index contributed by atoms with van der Waals surface area (Å²) in [6, 6.07) is 5.93. The molecule has 0 unspecified atom stereocenters. The van der Waals surface area contributed by atoms with Crippen LogP contribution in [0.15, 0.2) is 35.7 Å². The number of nitrogen functional groups attached to an aromatic ring is 1. The first-order valence-electron chi connectivity index (χ1n) is 9.33. The zero-order valence-corrected chi connectivity index (χ0v) is 16.6. The Kier molecular flexibility index (Phi) is 4.03. The molecule has 0 amide bonds. The number of fused-ring (bicyclic) bond motifs is 2. The van der Waals surface area contributed by atoms with E-state index in [2.05, 4.69) is 28.6 Å². The monoisotopic (exact) mass is 376 g/mol. The lowest BCUT2D eigenvalue weighted by Crippen LogP contribution is -2.28. The van der Waals surface area contributed by atoms with E-state index < -0.39 is 0 Å². The summed E-state index contributed by atoms with van der Waals surface area (Å²) in [4.78, 5) is 16.9. The number of benzene rings is 1. The second-order valence-electron chi connectivity index (χ2n) is 8.42. The van der Waals surface area contributed by atoms with Gasteiger partial charge in [-0.15, -0.1) is 0 Å². The standard InChI is InChI=1S/C22H24N4O2/c1-12-11-26(18-8-22(3,4)9-19(27)20(12)18)14-5-6-15-16(7-14)17(13(2)25-28)10-24-21(15)23/h5-7,10-11,28H,8-9H2,1-4H3,(H2,23,24)/b25-13+. The van der Waals surface area contributed by atoms with E-state index in [1.54, 1.807) is 13.1 Å². The third-order valence-electron chi connectivity index (χ3n) is 5.58. The van der Waals surface area contributed by atoms with Gasteiger partial charge in [-0.3, -0.25) is 4.79 Å². The lowest BCUT2D eigenvalue weighted by Gasteiger charge is -2.30. The minimum Gasteiger partial charge on any atom is -0.411 e. The van der Waals surface area contributed by atoms with Gasteiger partial charge >= 0.3 is 0 Å². The van der Waals surface area contributed by atoms with E-state index in [0.29, 0.717) is 18.0 Å². The van der Waals surface area contributed by atoms with E-state index in [0.717, 1.165) is 45.3 Å². The molecule has 3 N–H and O–H groups in total. The van der Waals surface area contributed by atoms with Crippen molar-refractivity contribution in [1.29, 1.82) is 0 Å². The molecule has 1 aliphatic carbocycles. The minimum absolute atomic E-state index is 0.0664. The molecular weight excluding hydrogens is 352 g/mol. The number of nitrogens with zero attached hydrogens (tertiary/aromatic N) is 3. The highest BCUT2D eigenvalue weighted by atomic mass is 16.4. The molecule has 0 saturated carbocycles. The molecule has 0 aliphatic heterocycles. The topological polar surface area (TPSA) is 93.5 Å². The SMILES string of the molecule is C/C(=N\O)c1cnc(N)c2ccc(-n3cc(C)c4c3CC(C)(C)CC4=O)cc12. The van der Waals surface area contributed by atoms with Crippen molar-refractivity contribution in [1.82, 2.24) is 9.55 Å². The molecule has 0 saturated heterocycles. The van der Waals surface area contributed by atoms with Crippen molar-refractivity contribution in [2.75, 3.05) is 5.73 Å². The van der Waals surface area contributed by atoms with Crippen LogP contribution >= 0.6 is 0 Å². The predicted molar refractivity (Wildman–Crippen MR) is 111 cm³/mol. The number of aryl methyl sites for hydroxylation is 1. The third kappa shape index (κ3) is 2.76. The van der Waals surface area contributed by atoms with Gasteiger partial charge in [-0.2, -0.15) is 0 Å². The van der Waals surface area contributed by atoms with Gasteiger partial charge in [0.15, 0.2) is 5.78 Å². The molecule has 0 fully saturated rings. The Morgan fingerprint density at radius 1 is 1.29 bits per heavy atom. The van der Waals surface area contributed by atoms with E-state index >= 15 is 0 Å². The summed E-state index contributed by atoms with van der Waals surface area (Å²) in [5, 5.41) is 14.2. The average molecular weight is 376 g/mol. The summed E-state index contributed by atoms with van der Waals surface area (Å²) in [6.07, 6.45) is 5.06. The molecule has 144 valence electrons. The summed E-state index contributed by atoms with van der Waals surface area (Å²) >= 11 is 0. The highest BCUT2D eigenvalue weighted by molar-refractivity contribution is 6.11. The summed E-state index contributed by atoms with van der Waals surface area (Å²) in [5.74, 6) is 0.638. The number of Topliss-reactive ketones (excluding diaryl/α,β-unsaturated/α-hetero) is 1. The Morgan fingerprint density at radius 2 is 2.04 bits per heavy atom. The van der Waals surface area contributed by atoms with Crippen molar-refractivity contribution in [3.05, 3.63) is 53.0 Å². The van der Waals surface area contributed by atoms with Gasteiger partial charge in [0.2, 0.25) is 0 Å². The van der Waals surface area contributed by atoms with Gasteiger partial charge in [0.25, 0.3) is 0 Å². The summed E-state index contributed by atoms with van der Waals surface area (Å²) in [6.45, 7) is 7.98. The molecule has 4 rings (SSSR count). The van der Waals surface area contributed by atoms with Crippen molar-refractivity contribution in [2.24, 2.45) is 10.6 Å². The molecule has 1 aliphatic rings. The number of pyridine rings is 1. The molecule has 6 heteroatoms. The number of anilines is 1. The van der Waals surface area contributed by atoms with Gasteiger partial charge in [0.05, 0.1) is 5.71 Å². The second-order valence-corrected chi connectivity index (χ2v) is 8.42. The molecule has 6 nitrogen and oxygen atoms in total. The lowest BCUT2D eigenvalue weighted by atomic mass is 9.75. The van der Waals surface area contributed by atoms with Crippen molar-refractivity contribution >= 4 is 28.1 Å². The van der Waals surface area contributed by atoms with Gasteiger partial charge in [-0.05, 0) is 54.8 Å². The van der Waals surface area contributed by atoms with Crippen LogP contribution in [0.3, 0.4) is 0 Å². The number of carbonyl (C=O) groups is 1. The molecule has 2 aromatic heterocycles. The average Bonchev–Trinajstić information content (AvgIpc) is 2.96.